The number of carboxylic acids is 1. The number of likely N-dealkylation sites (tertiary alicyclic amines) is 1. The molecule has 1 aliphatic carbocycles. The number of hydrogen-bond donors (Lipinski definition) is 1. The Morgan fingerprint density at radius 2 is 2.04 bits per heavy atom. The normalized spacial score (nSPS) is 30.4. The van der Waals surface area contributed by atoms with Gasteiger partial charge < -0.3 is 19.6 Å². The molecule has 1 saturated carbocycles. The molecule has 0 aromatic heterocycles. The van der Waals surface area contributed by atoms with Crippen LogP contribution < -0.4 is 0 Å². The Morgan fingerprint density at radius 1 is 1.26 bits per heavy atom. The summed E-state index contributed by atoms with van der Waals surface area (Å²) >= 11 is 0. The Hall–Kier alpha value is -2.41. The van der Waals surface area contributed by atoms with Gasteiger partial charge in [-0.05, 0) is 24.3 Å². The zero-order chi connectivity index (χ0) is 19.0. The second-order valence-corrected chi connectivity index (χ2v) is 7.81. The van der Waals surface area contributed by atoms with Crippen molar-refractivity contribution >= 4 is 17.8 Å². The van der Waals surface area contributed by atoms with Gasteiger partial charge in [0, 0.05) is 19.6 Å². The second kappa shape index (κ2) is 6.96. The van der Waals surface area contributed by atoms with Crippen molar-refractivity contribution in [1.29, 1.82) is 0 Å². The van der Waals surface area contributed by atoms with Gasteiger partial charge in [-0.2, -0.15) is 0 Å². The van der Waals surface area contributed by atoms with E-state index in [2.05, 4.69) is 0 Å². The molecule has 0 spiro atoms. The molecule has 2 heterocycles. The zero-order valence-corrected chi connectivity index (χ0v) is 15.2. The van der Waals surface area contributed by atoms with Crippen LogP contribution in [-0.4, -0.2) is 65.0 Å². The summed E-state index contributed by atoms with van der Waals surface area (Å²) in [5.41, 5.74) is 0.130. The fourth-order valence-electron chi connectivity index (χ4n) is 4.81. The molecule has 27 heavy (non-hydrogen) atoms. The van der Waals surface area contributed by atoms with Gasteiger partial charge in [-0.15, -0.1) is 0 Å². The lowest BCUT2D eigenvalue weighted by Crippen LogP contribution is -2.56. The number of carbonyl (C=O) groups excluding carboxylic acids is 2. The number of hydrogen-bond acceptors (Lipinski definition) is 4. The third-order valence-electron chi connectivity index (χ3n) is 6.29. The van der Waals surface area contributed by atoms with Crippen LogP contribution in [0.25, 0.3) is 0 Å². The van der Waals surface area contributed by atoms with Crippen LogP contribution in [0.15, 0.2) is 30.3 Å². The van der Waals surface area contributed by atoms with Crippen LogP contribution in [-0.2, 0) is 25.7 Å². The highest BCUT2D eigenvalue weighted by Gasteiger charge is 2.56. The summed E-state index contributed by atoms with van der Waals surface area (Å²) < 4.78 is 5.35. The maximum Gasteiger partial charge on any atom is 0.311 e. The molecule has 1 aromatic rings. The number of morpholine rings is 1. The van der Waals surface area contributed by atoms with E-state index in [0.29, 0.717) is 19.5 Å². The Labute approximate surface area is 157 Å². The van der Waals surface area contributed by atoms with E-state index in [1.165, 1.54) is 0 Å². The molecule has 144 valence electrons. The Morgan fingerprint density at radius 3 is 2.74 bits per heavy atom. The topological polar surface area (TPSA) is 87.2 Å². The van der Waals surface area contributed by atoms with Crippen molar-refractivity contribution in [3.8, 4) is 0 Å². The van der Waals surface area contributed by atoms with Crippen molar-refractivity contribution in [1.82, 2.24) is 9.80 Å². The van der Waals surface area contributed by atoms with E-state index in [0.717, 1.165) is 18.4 Å². The Bertz CT molecular complexity index is 752. The maximum absolute atomic E-state index is 13.2. The SMILES string of the molecule is O=C([C@H]1COCC(=O)N1Cc1ccccc1)N1C[C@@H]2CCC[C@@]2(C(=O)O)C1. The molecular weight excluding hydrogens is 348 g/mol. The van der Waals surface area contributed by atoms with Crippen LogP contribution in [0.3, 0.4) is 0 Å². The summed E-state index contributed by atoms with van der Waals surface area (Å²) in [7, 11) is 0. The van der Waals surface area contributed by atoms with E-state index in [-0.39, 0.29) is 37.5 Å². The van der Waals surface area contributed by atoms with Gasteiger partial charge in [-0.3, -0.25) is 14.4 Å². The maximum atomic E-state index is 13.2. The average Bonchev–Trinajstić information content (AvgIpc) is 3.22. The molecule has 2 amide bonds. The van der Waals surface area contributed by atoms with E-state index in [9.17, 15) is 19.5 Å². The summed E-state index contributed by atoms with van der Waals surface area (Å²) in [5.74, 6) is -1.22. The van der Waals surface area contributed by atoms with Gasteiger partial charge in [0.05, 0.1) is 12.0 Å². The standard InChI is InChI=1S/C20H24N2O5/c23-17-12-27-11-16(22(17)9-14-5-2-1-3-6-14)18(24)21-10-15-7-4-8-20(15,13-21)19(25)26/h1-3,5-6,15-16H,4,7-13H2,(H,25,26)/t15-,16+,20+/m0/s1. The van der Waals surface area contributed by atoms with E-state index in [1.54, 1.807) is 9.80 Å². The van der Waals surface area contributed by atoms with E-state index in [4.69, 9.17) is 4.74 Å². The third kappa shape index (κ3) is 3.10. The molecule has 3 fully saturated rings. The minimum Gasteiger partial charge on any atom is -0.481 e. The molecule has 7 heteroatoms. The van der Waals surface area contributed by atoms with Crippen molar-refractivity contribution < 1.29 is 24.2 Å². The molecule has 0 bridgehead atoms. The number of benzene rings is 1. The van der Waals surface area contributed by atoms with Gasteiger partial charge in [0.25, 0.3) is 0 Å². The fourth-order valence-corrected chi connectivity index (χ4v) is 4.81. The predicted molar refractivity (Wildman–Crippen MR) is 95.6 cm³/mol. The lowest BCUT2D eigenvalue weighted by Gasteiger charge is -2.37. The Balaban J connectivity index is 1.53. The predicted octanol–water partition coefficient (Wildman–Crippen LogP) is 1.13. The molecule has 2 saturated heterocycles. The molecule has 0 unspecified atom stereocenters. The van der Waals surface area contributed by atoms with Crippen molar-refractivity contribution in [2.75, 3.05) is 26.3 Å². The van der Waals surface area contributed by atoms with Gasteiger partial charge in [-0.1, -0.05) is 36.8 Å². The van der Waals surface area contributed by atoms with Gasteiger partial charge >= 0.3 is 5.97 Å². The zero-order valence-electron chi connectivity index (χ0n) is 15.2. The van der Waals surface area contributed by atoms with Crippen LogP contribution in [0.4, 0.5) is 0 Å². The van der Waals surface area contributed by atoms with Crippen LogP contribution in [0.2, 0.25) is 0 Å². The first-order chi connectivity index (χ1) is 13.0. The molecule has 0 radical (unpaired) electrons. The van der Waals surface area contributed by atoms with Crippen LogP contribution in [0.5, 0.6) is 0 Å². The second-order valence-electron chi connectivity index (χ2n) is 7.81. The first-order valence-corrected chi connectivity index (χ1v) is 9.44. The summed E-state index contributed by atoms with van der Waals surface area (Å²) in [6.07, 6.45) is 2.35. The van der Waals surface area contributed by atoms with Crippen molar-refractivity contribution in [2.24, 2.45) is 11.3 Å². The number of carbonyl (C=O) groups is 3. The number of carboxylic acid groups (broad SMARTS) is 1. The largest absolute Gasteiger partial charge is 0.481 e. The monoisotopic (exact) mass is 372 g/mol. The van der Waals surface area contributed by atoms with Crippen LogP contribution in [0.1, 0.15) is 24.8 Å². The molecule has 3 aliphatic rings. The lowest BCUT2D eigenvalue weighted by molar-refractivity contribution is -0.160. The third-order valence-corrected chi connectivity index (χ3v) is 6.29. The van der Waals surface area contributed by atoms with E-state index in [1.807, 2.05) is 30.3 Å². The minimum absolute atomic E-state index is 0.00161. The number of rotatable bonds is 4. The van der Waals surface area contributed by atoms with E-state index < -0.39 is 17.4 Å². The molecule has 1 aromatic carbocycles. The van der Waals surface area contributed by atoms with Crippen LogP contribution in [0, 0.1) is 11.3 Å². The number of amides is 2. The number of ether oxygens (including phenoxy) is 1. The summed E-state index contributed by atoms with van der Waals surface area (Å²) in [6.45, 7) is 1.16. The molecule has 2 aliphatic heterocycles. The van der Waals surface area contributed by atoms with Crippen molar-refractivity contribution in [2.45, 2.75) is 31.8 Å². The summed E-state index contributed by atoms with van der Waals surface area (Å²) in [5, 5.41) is 9.75. The van der Waals surface area contributed by atoms with Crippen molar-refractivity contribution in [3.63, 3.8) is 0 Å². The van der Waals surface area contributed by atoms with Gasteiger partial charge in [0.15, 0.2) is 0 Å². The first-order valence-electron chi connectivity index (χ1n) is 9.44. The van der Waals surface area contributed by atoms with Gasteiger partial charge in [0.2, 0.25) is 11.8 Å². The Kier molecular flexibility index (Phi) is 4.63. The highest BCUT2D eigenvalue weighted by molar-refractivity contribution is 5.90. The fraction of sp³-hybridized carbons (Fsp3) is 0.550. The van der Waals surface area contributed by atoms with Gasteiger partial charge in [-0.25, -0.2) is 0 Å². The number of aliphatic carboxylic acids is 1. The number of fused-ring (bicyclic) bond motifs is 1. The molecule has 4 rings (SSSR count). The highest BCUT2D eigenvalue weighted by Crippen LogP contribution is 2.49. The average molecular weight is 372 g/mol. The van der Waals surface area contributed by atoms with Crippen molar-refractivity contribution in [3.05, 3.63) is 35.9 Å². The first kappa shape index (κ1) is 18.0. The highest BCUT2D eigenvalue weighted by atomic mass is 16.5. The summed E-state index contributed by atoms with van der Waals surface area (Å²) in [4.78, 5) is 40.7. The smallest absolute Gasteiger partial charge is 0.311 e. The lowest BCUT2D eigenvalue weighted by atomic mass is 9.81. The molecular formula is C20H24N2O5. The minimum atomic E-state index is -0.820. The van der Waals surface area contributed by atoms with Gasteiger partial charge in [0.1, 0.15) is 12.6 Å². The molecule has 1 N–H and O–H groups in total. The number of nitrogens with zero attached hydrogens (tertiary/aromatic N) is 2. The van der Waals surface area contributed by atoms with Crippen LogP contribution >= 0.6 is 0 Å². The molecule has 3 atom stereocenters. The quantitative estimate of drug-likeness (QED) is 0.856. The van der Waals surface area contributed by atoms with E-state index >= 15 is 0 Å². The summed E-state index contributed by atoms with van der Waals surface area (Å²) in [6, 6.07) is 8.84. The molecule has 7 nitrogen and oxygen atoms in total.